The number of benzene rings is 1. The van der Waals surface area contributed by atoms with Crippen molar-refractivity contribution in [2.45, 2.75) is 13.8 Å². The van der Waals surface area contributed by atoms with E-state index in [1.54, 1.807) is 6.07 Å². The highest BCUT2D eigenvalue weighted by molar-refractivity contribution is 9.10. The zero-order valence-corrected chi connectivity index (χ0v) is 13.3. The molecule has 0 aliphatic heterocycles. The van der Waals surface area contributed by atoms with Gasteiger partial charge in [-0.25, -0.2) is 9.37 Å². The molecule has 0 saturated carbocycles. The molecule has 0 saturated heterocycles. The van der Waals surface area contributed by atoms with Crippen LogP contribution in [0.3, 0.4) is 0 Å². The van der Waals surface area contributed by atoms with Crippen LogP contribution in [0.25, 0.3) is 0 Å². The summed E-state index contributed by atoms with van der Waals surface area (Å²) in [6, 6.07) is 6.12. The van der Waals surface area contributed by atoms with Gasteiger partial charge in [-0.3, -0.25) is 0 Å². The van der Waals surface area contributed by atoms with E-state index >= 15 is 0 Å². The summed E-state index contributed by atoms with van der Waals surface area (Å²) in [7, 11) is 0. The van der Waals surface area contributed by atoms with E-state index in [4.69, 9.17) is 22.7 Å². The molecule has 1 aromatic heterocycles. The summed E-state index contributed by atoms with van der Waals surface area (Å²) in [5.74, 6) is 0.204. The fraction of sp³-hybridized carbons (Fsp3) is 0.143. The largest absolute Gasteiger partial charge is 0.438 e. The fourth-order valence-corrected chi connectivity index (χ4v) is 2.57. The molecular formula is C14H12BrFN2OS. The van der Waals surface area contributed by atoms with E-state index in [0.29, 0.717) is 15.8 Å². The number of halogens is 2. The van der Waals surface area contributed by atoms with Crippen molar-refractivity contribution in [2.75, 3.05) is 0 Å². The minimum atomic E-state index is -0.407. The quantitative estimate of drug-likeness (QED) is 0.845. The Morgan fingerprint density at radius 2 is 2.00 bits per heavy atom. The van der Waals surface area contributed by atoms with E-state index in [0.717, 1.165) is 11.3 Å². The Labute approximate surface area is 130 Å². The summed E-state index contributed by atoms with van der Waals surface area (Å²) in [6.07, 6.45) is 0. The third-order valence-electron chi connectivity index (χ3n) is 2.61. The summed E-state index contributed by atoms with van der Waals surface area (Å²) in [6.45, 7) is 3.71. The van der Waals surface area contributed by atoms with E-state index in [1.807, 2.05) is 19.9 Å². The number of pyridine rings is 1. The van der Waals surface area contributed by atoms with Crippen LogP contribution in [0.4, 0.5) is 4.39 Å². The first-order valence-corrected chi connectivity index (χ1v) is 6.99. The molecular weight excluding hydrogens is 343 g/mol. The molecule has 0 radical (unpaired) electrons. The Morgan fingerprint density at radius 3 is 2.60 bits per heavy atom. The number of nitrogens with two attached hydrogens (primary N) is 1. The third kappa shape index (κ3) is 3.32. The number of rotatable bonds is 3. The first-order valence-electron chi connectivity index (χ1n) is 5.79. The molecule has 0 unspecified atom stereocenters. The van der Waals surface area contributed by atoms with Crippen molar-refractivity contribution < 1.29 is 9.13 Å². The molecule has 0 atom stereocenters. The zero-order chi connectivity index (χ0) is 14.9. The standard InChI is InChI=1S/C14H12BrFN2OS/c1-7-3-8(2)18-14(12(7)13(17)20)19-11-5-9(15)4-10(16)6-11/h3-6H,1-2H3,(H2,17,20). The van der Waals surface area contributed by atoms with Gasteiger partial charge in [0, 0.05) is 16.2 Å². The van der Waals surface area contributed by atoms with Crippen LogP contribution in [0.15, 0.2) is 28.7 Å². The van der Waals surface area contributed by atoms with Crippen molar-refractivity contribution in [1.29, 1.82) is 0 Å². The van der Waals surface area contributed by atoms with Crippen molar-refractivity contribution in [1.82, 2.24) is 4.98 Å². The number of hydrogen-bond donors (Lipinski definition) is 1. The molecule has 20 heavy (non-hydrogen) atoms. The number of ether oxygens (including phenoxy) is 1. The van der Waals surface area contributed by atoms with Crippen molar-refractivity contribution in [3.8, 4) is 11.6 Å². The second-order valence-corrected chi connectivity index (χ2v) is 5.69. The third-order valence-corrected chi connectivity index (χ3v) is 3.27. The van der Waals surface area contributed by atoms with Crippen LogP contribution < -0.4 is 10.5 Å². The van der Waals surface area contributed by atoms with Gasteiger partial charge in [-0.15, -0.1) is 0 Å². The summed E-state index contributed by atoms with van der Waals surface area (Å²) in [5, 5.41) is 0. The monoisotopic (exact) mass is 354 g/mol. The molecule has 3 nitrogen and oxygen atoms in total. The Balaban J connectivity index is 2.49. The minimum Gasteiger partial charge on any atom is -0.438 e. The molecule has 1 aromatic carbocycles. The molecule has 0 bridgehead atoms. The van der Waals surface area contributed by atoms with Crippen molar-refractivity contribution in [3.05, 3.63) is 51.4 Å². The van der Waals surface area contributed by atoms with Crippen molar-refractivity contribution in [2.24, 2.45) is 5.73 Å². The van der Waals surface area contributed by atoms with Crippen LogP contribution in [0, 0.1) is 19.7 Å². The predicted molar refractivity (Wildman–Crippen MR) is 83.8 cm³/mol. The molecule has 0 aliphatic carbocycles. The van der Waals surface area contributed by atoms with Gasteiger partial charge in [0.25, 0.3) is 0 Å². The van der Waals surface area contributed by atoms with Gasteiger partial charge in [-0.05, 0) is 37.6 Å². The summed E-state index contributed by atoms with van der Waals surface area (Å²) < 4.78 is 19.6. The van der Waals surface area contributed by atoms with Gasteiger partial charge in [-0.1, -0.05) is 28.1 Å². The second kappa shape index (κ2) is 5.85. The van der Waals surface area contributed by atoms with Gasteiger partial charge in [0.15, 0.2) is 0 Å². The molecule has 0 amide bonds. The van der Waals surface area contributed by atoms with E-state index < -0.39 is 5.82 Å². The first kappa shape index (κ1) is 14.9. The van der Waals surface area contributed by atoms with Crippen LogP contribution >= 0.6 is 28.1 Å². The van der Waals surface area contributed by atoms with E-state index in [9.17, 15) is 4.39 Å². The summed E-state index contributed by atoms with van der Waals surface area (Å²) >= 11 is 8.23. The second-order valence-electron chi connectivity index (χ2n) is 4.33. The summed E-state index contributed by atoms with van der Waals surface area (Å²) in [5.41, 5.74) is 7.91. The van der Waals surface area contributed by atoms with Crippen molar-refractivity contribution in [3.63, 3.8) is 0 Å². The Kier molecular flexibility index (Phi) is 4.35. The van der Waals surface area contributed by atoms with E-state index in [2.05, 4.69) is 20.9 Å². The van der Waals surface area contributed by atoms with E-state index in [1.165, 1.54) is 12.1 Å². The Morgan fingerprint density at radius 1 is 1.30 bits per heavy atom. The number of aromatic nitrogens is 1. The predicted octanol–water partition coefficient (Wildman–Crippen LogP) is 4.03. The smallest absolute Gasteiger partial charge is 0.229 e. The van der Waals surface area contributed by atoms with Gasteiger partial charge < -0.3 is 10.5 Å². The molecule has 2 rings (SSSR count). The lowest BCUT2D eigenvalue weighted by molar-refractivity contribution is 0.455. The average molecular weight is 355 g/mol. The van der Waals surface area contributed by atoms with Gasteiger partial charge in [0.1, 0.15) is 16.6 Å². The lowest BCUT2D eigenvalue weighted by Gasteiger charge is -2.13. The molecule has 2 aromatic rings. The first-order chi connectivity index (χ1) is 9.36. The number of aryl methyl sites for hydroxylation is 2. The fourth-order valence-electron chi connectivity index (χ4n) is 1.88. The van der Waals surface area contributed by atoms with Crippen LogP contribution in [-0.4, -0.2) is 9.97 Å². The van der Waals surface area contributed by atoms with Crippen molar-refractivity contribution >= 4 is 33.1 Å². The average Bonchev–Trinajstić information content (AvgIpc) is 2.25. The Hall–Kier alpha value is -1.53. The molecule has 6 heteroatoms. The number of thiocarbonyl (C=S) groups is 1. The highest BCUT2D eigenvalue weighted by Gasteiger charge is 2.14. The van der Waals surface area contributed by atoms with Gasteiger partial charge >= 0.3 is 0 Å². The molecule has 0 aliphatic rings. The normalized spacial score (nSPS) is 10.4. The highest BCUT2D eigenvalue weighted by atomic mass is 79.9. The van der Waals surface area contributed by atoms with Crippen LogP contribution in [0.1, 0.15) is 16.8 Å². The molecule has 104 valence electrons. The zero-order valence-electron chi connectivity index (χ0n) is 10.9. The van der Waals surface area contributed by atoms with E-state index in [-0.39, 0.29) is 10.9 Å². The van der Waals surface area contributed by atoms with Crippen LogP contribution in [0.5, 0.6) is 11.6 Å². The molecule has 0 spiro atoms. The van der Waals surface area contributed by atoms with Gasteiger partial charge in [0.2, 0.25) is 5.88 Å². The van der Waals surface area contributed by atoms with Gasteiger partial charge in [-0.2, -0.15) is 0 Å². The van der Waals surface area contributed by atoms with Gasteiger partial charge in [0.05, 0.1) is 5.56 Å². The lowest BCUT2D eigenvalue weighted by Crippen LogP contribution is -2.14. The number of nitrogens with zero attached hydrogens (tertiary/aromatic N) is 1. The Bertz CT molecular complexity index is 671. The molecule has 0 fully saturated rings. The number of hydrogen-bond acceptors (Lipinski definition) is 3. The topological polar surface area (TPSA) is 48.1 Å². The maximum absolute atomic E-state index is 13.4. The van der Waals surface area contributed by atoms with Crippen LogP contribution in [0.2, 0.25) is 0 Å². The van der Waals surface area contributed by atoms with Crippen LogP contribution in [-0.2, 0) is 0 Å². The SMILES string of the molecule is Cc1cc(C)c(C(N)=S)c(Oc2cc(F)cc(Br)c2)n1. The molecule has 2 N–H and O–H groups in total. The lowest BCUT2D eigenvalue weighted by atomic mass is 10.1. The minimum absolute atomic E-state index is 0.195. The molecule has 1 heterocycles. The maximum Gasteiger partial charge on any atom is 0.229 e. The summed E-state index contributed by atoms with van der Waals surface area (Å²) in [4.78, 5) is 4.48. The maximum atomic E-state index is 13.4. The highest BCUT2D eigenvalue weighted by Crippen LogP contribution is 2.29.